The van der Waals surface area contributed by atoms with Crippen molar-refractivity contribution in [3.05, 3.63) is 34.7 Å². The third-order valence-corrected chi connectivity index (χ3v) is 7.33. The Morgan fingerprint density at radius 2 is 1.71 bits per heavy atom. The third-order valence-electron chi connectivity index (χ3n) is 4.85. The van der Waals surface area contributed by atoms with E-state index < -0.39 is 33.9 Å². The zero-order valence-electron chi connectivity index (χ0n) is 18.7. The Labute approximate surface area is 206 Å². The highest BCUT2D eigenvalue weighted by molar-refractivity contribution is 8.26. The van der Waals surface area contributed by atoms with Crippen molar-refractivity contribution in [1.82, 2.24) is 9.62 Å². The van der Waals surface area contributed by atoms with Crippen molar-refractivity contribution >= 4 is 61.9 Å². The quantitative estimate of drug-likeness (QED) is 0.333. The van der Waals surface area contributed by atoms with Gasteiger partial charge in [-0.2, -0.15) is 21.6 Å². The summed E-state index contributed by atoms with van der Waals surface area (Å²) in [6.45, 7) is 5.22. The molecule has 0 bridgehead atoms. The topological polar surface area (TPSA) is 86.8 Å². The summed E-state index contributed by atoms with van der Waals surface area (Å²) in [5.41, 5.74) is -3.87. The lowest BCUT2D eigenvalue weighted by Gasteiger charge is -2.24. The van der Waals surface area contributed by atoms with Crippen LogP contribution < -0.4 is 9.62 Å². The molecule has 1 saturated heterocycles. The standard InChI is InChI=1S/C21H26F3N3O4S3/c1-3-5-11-26(12-6-4-2)16-9-7-15(8-10-16)13-17-19(29)27(20(32)33-17)14-18(28)25-34(30,31)21(22,23)24/h7-10,13H,3-6,11-12,14H2,1-2H3,(H,25,28)/b17-13-. The molecule has 1 N–H and O–H groups in total. The second-order valence-electron chi connectivity index (χ2n) is 7.53. The zero-order chi connectivity index (χ0) is 25.5. The first kappa shape index (κ1) is 28.1. The predicted molar refractivity (Wildman–Crippen MR) is 131 cm³/mol. The van der Waals surface area contributed by atoms with Crippen LogP contribution in [0.4, 0.5) is 18.9 Å². The van der Waals surface area contributed by atoms with Gasteiger partial charge >= 0.3 is 15.5 Å². The second-order valence-corrected chi connectivity index (χ2v) is 10.9. The fourth-order valence-electron chi connectivity index (χ4n) is 3.02. The van der Waals surface area contributed by atoms with Crippen molar-refractivity contribution < 1.29 is 31.2 Å². The van der Waals surface area contributed by atoms with Crippen LogP contribution in [0.25, 0.3) is 6.08 Å². The number of benzene rings is 1. The van der Waals surface area contributed by atoms with Crippen molar-refractivity contribution in [2.24, 2.45) is 0 Å². The number of thiocarbonyl (C=S) groups is 1. The van der Waals surface area contributed by atoms with Crippen LogP contribution in [0.15, 0.2) is 29.2 Å². The van der Waals surface area contributed by atoms with E-state index in [4.69, 9.17) is 12.2 Å². The number of nitrogens with zero attached hydrogens (tertiary/aromatic N) is 2. The van der Waals surface area contributed by atoms with E-state index in [1.54, 1.807) is 6.08 Å². The monoisotopic (exact) mass is 537 g/mol. The minimum absolute atomic E-state index is 0.0577. The van der Waals surface area contributed by atoms with Gasteiger partial charge in [-0.05, 0) is 36.6 Å². The number of unbranched alkanes of at least 4 members (excludes halogenated alkanes) is 2. The predicted octanol–water partition coefficient (Wildman–Crippen LogP) is 4.26. The summed E-state index contributed by atoms with van der Waals surface area (Å²) < 4.78 is 60.3. The number of hydrogen-bond donors (Lipinski definition) is 1. The summed E-state index contributed by atoms with van der Waals surface area (Å²) in [5.74, 6) is -2.20. The Bertz CT molecular complexity index is 1030. The molecule has 0 radical (unpaired) electrons. The summed E-state index contributed by atoms with van der Waals surface area (Å²) in [6.07, 6.45) is 5.89. The lowest BCUT2D eigenvalue weighted by atomic mass is 10.1. The van der Waals surface area contributed by atoms with Crippen LogP contribution in [0, 0.1) is 0 Å². The summed E-state index contributed by atoms with van der Waals surface area (Å²) in [6, 6.07) is 7.59. The molecule has 188 valence electrons. The van der Waals surface area contributed by atoms with Gasteiger partial charge < -0.3 is 4.90 Å². The van der Waals surface area contributed by atoms with Crippen LogP contribution in [0.3, 0.4) is 0 Å². The van der Waals surface area contributed by atoms with Crippen molar-refractivity contribution in [2.75, 3.05) is 24.5 Å². The van der Waals surface area contributed by atoms with Gasteiger partial charge in [0.2, 0.25) is 0 Å². The van der Waals surface area contributed by atoms with E-state index in [9.17, 15) is 31.2 Å². The molecular weight excluding hydrogens is 511 g/mol. The smallest absolute Gasteiger partial charge is 0.372 e. The molecule has 2 amide bonds. The highest BCUT2D eigenvalue weighted by atomic mass is 32.2. The molecule has 7 nitrogen and oxygen atoms in total. The number of alkyl halides is 3. The number of rotatable bonds is 11. The Hall–Kier alpha value is -2.12. The number of anilines is 1. The van der Waals surface area contributed by atoms with E-state index in [0.717, 1.165) is 65.8 Å². The minimum Gasteiger partial charge on any atom is -0.372 e. The van der Waals surface area contributed by atoms with Gasteiger partial charge in [0.05, 0.1) is 4.91 Å². The largest absolute Gasteiger partial charge is 0.516 e. The van der Waals surface area contributed by atoms with Gasteiger partial charge in [-0.15, -0.1) is 0 Å². The SMILES string of the molecule is CCCCN(CCCC)c1ccc(/C=C2\SC(=S)N(CC(=O)NS(=O)(=O)C(F)(F)F)C2=O)cc1. The van der Waals surface area contributed by atoms with Crippen molar-refractivity contribution in [3.63, 3.8) is 0 Å². The van der Waals surface area contributed by atoms with E-state index in [-0.39, 0.29) is 9.23 Å². The zero-order valence-corrected chi connectivity index (χ0v) is 21.2. The van der Waals surface area contributed by atoms with Crippen molar-refractivity contribution in [1.29, 1.82) is 0 Å². The first-order valence-corrected chi connectivity index (χ1v) is 13.3. The molecule has 2 rings (SSSR count). The summed E-state index contributed by atoms with van der Waals surface area (Å²) in [5, 5.41) is 0. The van der Waals surface area contributed by atoms with Gasteiger partial charge in [-0.25, -0.2) is 4.72 Å². The number of halogens is 3. The van der Waals surface area contributed by atoms with Gasteiger partial charge in [0.1, 0.15) is 10.9 Å². The van der Waals surface area contributed by atoms with Crippen molar-refractivity contribution in [2.45, 2.75) is 45.0 Å². The number of carbonyl (C=O) groups is 2. The number of carbonyl (C=O) groups excluding carboxylic acids is 2. The maximum absolute atomic E-state index is 12.6. The summed E-state index contributed by atoms with van der Waals surface area (Å²) in [7, 11) is -5.87. The molecular formula is C21H26F3N3O4S3. The van der Waals surface area contributed by atoms with Crippen LogP contribution in [-0.2, 0) is 19.6 Å². The average Bonchev–Trinajstić information content (AvgIpc) is 3.00. The first-order valence-electron chi connectivity index (χ1n) is 10.6. The number of hydrogen-bond acceptors (Lipinski definition) is 7. The molecule has 0 spiro atoms. The van der Waals surface area contributed by atoms with Crippen LogP contribution in [0.5, 0.6) is 0 Å². The van der Waals surface area contributed by atoms with Gasteiger partial charge in [0.25, 0.3) is 11.8 Å². The Morgan fingerprint density at radius 1 is 1.15 bits per heavy atom. The fraction of sp³-hybridized carbons (Fsp3) is 0.476. The molecule has 0 aliphatic carbocycles. The molecule has 1 fully saturated rings. The van der Waals surface area contributed by atoms with Crippen LogP contribution in [0.1, 0.15) is 45.1 Å². The molecule has 1 aliphatic rings. The number of amides is 2. The average molecular weight is 538 g/mol. The summed E-state index contributed by atoms with van der Waals surface area (Å²) >= 11 is 5.93. The summed E-state index contributed by atoms with van der Waals surface area (Å²) in [4.78, 5) is 27.7. The number of thioether (sulfide) groups is 1. The maximum Gasteiger partial charge on any atom is 0.516 e. The highest BCUT2D eigenvalue weighted by Gasteiger charge is 2.47. The normalized spacial score (nSPS) is 15.8. The van der Waals surface area contributed by atoms with Gasteiger partial charge in [0, 0.05) is 18.8 Å². The molecule has 0 atom stereocenters. The molecule has 1 aromatic carbocycles. The van der Waals surface area contributed by atoms with Gasteiger partial charge in [0.15, 0.2) is 0 Å². The van der Waals surface area contributed by atoms with Crippen molar-refractivity contribution in [3.8, 4) is 0 Å². The van der Waals surface area contributed by atoms with E-state index in [1.807, 2.05) is 24.3 Å². The van der Waals surface area contributed by atoms with Crippen LogP contribution >= 0.6 is 24.0 Å². The molecule has 0 saturated carbocycles. The molecule has 0 aromatic heterocycles. The lowest BCUT2D eigenvalue weighted by Crippen LogP contribution is -2.45. The van der Waals surface area contributed by atoms with E-state index in [1.165, 1.54) is 0 Å². The Balaban J connectivity index is 2.10. The van der Waals surface area contributed by atoms with E-state index >= 15 is 0 Å². The third kappa shape index (κ3) is 7.44. The van der Waals surface area contributed by atoms with E-state index in [2.05, 4.69) is 18.7 Å². The van der Waals surface area contributed by atoms with Crippen LogP contribution in [0.2, 0.25) is 0 Å². The molecule has 0 unspecified atom stereocenters. The molecule has 34 heavy (non-hydrogen) atoms. The number of nitrogens with one attached hydrogen (secondary N) is 1. The Morgan fingerprint density at radius 3 is 2.21 bits per heavy atom. The van der Waals surface area contributed by atoms with Crippen LogP contribution in [-0.4, -0.2) is 54.6 Å². The van der Waals surface area contributed by atoms with E-state index in [0.29, 0.717) is 5.56 Å². The minimum atomic E-state index is -5.87. The first-order chi connectivity index (χ1) is 15.9. The fourth-order valence-corrected chi connectivity index (χ4v) is 4.76. The lowest BCUT2D eigenvalue weighted by molar-refractivity contribution is -0.128. The molecule has 13 heteroatoms. The second kappa shape index (κ2) is 12.0. The number of sulfonamides is 1. The van der Waals surface area contributed by atoms with Gasteiger partial charge in [-0.3, -0.25) is 14.5 Å². The maximum atomic E-state index is 12.6. The molecule has 1 heterocycles. The molecule has 1 aromatic rings. The van der Waals surface area contributed by atoms with Gasteiger partial charge in [-0.1, -0.05) is 62.8 Å². The highest BCUT2D eigenvalue weighted by Crippen LogP contribution is 2.33. The molecule has 1 aliphatic heterocycles. The Kier molecular flexibility index (Phi) is 9.95.